The van der Waals surface area contributed by atoms with Crippen molar-refractivity contribution in [3.8, 4) is 0 Å². The SMILES string of the molecule is Cc1ccc2nc(COC(=O)C[C@@H](NC(N)=O)c3ccccc3)cc(=O)n2c1. The molecule has 8 nitrogen and oxygen atoms in total. The first-order chi connectivity index (χ1) is 13.4. The minimum atomic E-state index is -0.735. The zero-order chi connectivity index (χ0) is 20.1. The predicted octanol–water partition coefficient (Wildman–Crippen LogP) is 1.85. The molecular weight excluding hydrogens is 360 g/mol. The van der Waals surface area contributed by atoms with E-state index in [4.69, 9.17) is 10.5 Å². The van der Waals surface area contributed by atoms with E-state index in [1.165, 1.54) is 10.5 Å². The van der Waals surface area contributed by atoms with E-state index in [-0.39, 0.29) is 18.6 Å². The van der Waals surface area contributed by atoms with Crippen LogP contribution in [0.2, 0.25) is 0 Å². The van der Waals surface area contributed by atoms with Crippen LogP contribution in [0.3, 0.4) is 0 Å². The normalized spacial score (nSPS) is 11.8. The lowest BCUT2D eigenvalue weighted by molar-refractivity contribution is -0.145. The highest BCUT2D eigenvalue weighted by Crippen LogP contribution is 2.17. The van der Waals surface area contributed by atoms with E-state index in [2.05, 4.69) is 10.3 Å². The number of carbonyl (C=O) groups is 2. The first-order valence-corrected chi connectivity index (χ1v) is 8.68. The Morgan fingerprint density at radius 1 is 1.21 bits per heavy atom. The summed E-state index contributed by atoms with van der Waals surface area (Å²) in [5, 5.41) is 2.53. The molecular formula is C20H20N4O4. The standard InChI is InChI=1S/C20H20N4O4/c1-13-7-8-17-22-15(9-18(25)24(17)11-13)12-28-19(26)10-16(23-20(21)27)14-5-3-2-4-6-14/h2-9,11,16H,10,12H2,1H3,(H3,21,23,27)/t16-/m1/s1. The van der Waals surface area contributed by atoms with Crippen LogP contribution in [0, 0.1) is 6.92 Å². The zero-order valence-corrected chi connectivity index (χ0v) is 15.3. The van der Waals surface area contributed by atoms with Gasteiger partial charge in [-0.05, 0) is 24.1 Å². The number of nitrogens with zero attached hydrogens (tertiary/aromatic N) is 2. The molecule has 0 bridgehead atoms. The number of aryl methyl sites for hydroxylation is 1. The molecule has 2 aromatic heterocycles. The summed E-state index contributed by atoms with van der Waals surface area (Å²) in [5.41, 5.74) is 7.44. The third-order valence-corrected chi connectivity index (χ3v) is 4.13. The average Bonchev–Trinajstić information content (AvgIpc) is 2.67. The van der Waals surface area contributed by atoms with Crippen LogP contribution in [0.1, 0.15) is 29.3 Å². The summed E-state index contributed by atoms with van der Waals surface area (Å²) in [4.78, 5) is 40.0. The zero-order valence-electron chi connectivity index (χ0n) is 15.3. The fraction of sp³-hybridized carbons (Fsp3) is 0.200. The average molecular weight is 380 g/mol. The van der Waals surface area contributed by atoms with Crippen LogP contribution in [0.4, 0.5) is 4.79 Å². The summed E-state index contributed by atoms with van der Waals surface area (Å²) in [7, 11) is 0. The Kier molecular flexibility index (Phi) is 5.69. The molecule has 0 spiro atoms. The molecule has 0 saturated heterocycles. The second-order valence-electron chi connectivity index (χ2n) is 6.36. The molecule has 1 atom stereocenters. The summed E-state index contributed by atoms with van der Waals surface area (Å²) in [6, 6.07) is 12.5. The van der Waals surface area contributed by atoms with Crippen molar-refractivity contribution in [3.63, 3.8) is 0 Å². The third-order valence-electron chi connectivity index (χ3n) is 4.13. The first-order valence-electron chi connectivity index (χ1n) is 8.68. The van der Waals surface area contributed by atoms with E-state index >= 15 is 0 Å². The second kappa shape index (κ2) is 8.34. The van der Waals surface area contributed by atoms with Crippen LogP contribution in [-0.2, 0) is 16.1 Å². The number of primary amides is 1. The van der Waals surface area contributed by atoms with Crippen molar-refractivity contribution in [2.75, 3.05) is 0 Å². The molecule has 1 aromatic carbocycles. The lowest BCUT2D eigenvalue weighted by Crippen LogP contribution is -2.34. The van der Waals surface area contributed by atoms with Gasteiger partial charge in [0.25, 0.3) is 5.56 Å². The van der Waals surface area contributed by atoms with Crippen LogP contribution in [0.25, 0.3) is 5.65 Å². The molecule has 0 saturated carbocycles. The van der Waals surface area contributed by atoms with Crippen LogP contribution in [0.15, 0.2) is 59.5 Å². The number of fused-ring (bicyclic) bond motifs is 1. The molecule has 0 aliphatic rings. The van der Waals surface area contributed by atoms with E-state index in [1.807, 2.05) is 19.1 Å². The molecule has 2 heterocycles. The Hall–Kier alpha value is -3.68. The molecule has 2 amide bonds. The molecule has 8 heteroatoms. The number of aromatic nitrogens is 2. The van der Waals surface area contributed by atoms with Crippen molar-refractivity contribution < 1.29 is 14.3 Å². The van der Waals surface area contributed by atoms with Gasteiger partial charge in [0, 0.05) is 12.3 Å². The summed E-state index contributed by atoms with van der Waals surface area (Å²) < 4.78 is 6.68. The fourth-order valence-electron chi connectivity index (χ4n) is 2.82. The number of hydrogen-bond donors (Lipinski definition) is 2. The van der Waals surface area contributed by atoms with Crippen molar-refractivity contribution in [2.24, 2.45) is 5.73 Å². The van der Waals surface area contributed by atoms with Crippen LogP contribution in [0.5, 0.6) is 0 Å². The Labute approximate surface area is 161 Å². The van der Waals surface area contributed by atoms with Crippen LogP contribution in [-0.4, -0.2) is 21.4 Å². The van der Waals surface area contributed by atoms with Gasteiger partial charge in [-0.15, -0.1) is 0 Å². The molecule has 0 aliphatic heterocycles. The summed E-state index contributed by atoms with van der Waals surface area (Å²) in [5.74, 6) is -0.548. The number of amides is 2. The number of ether oxygens (including phenoxy) is 1. The van der Waals surface area contributed by atoms with E-state index in [1.54, 1.807) is 36.5 Å². The van der Waals surface area contributed by atoms with Gasteiger partial charge in [0.05, 0.1) is 18.2 Å². The van der Waals surface area contributed by atoms with E-state index in [0.29, 0.717) is 11.3 Å². The van der Waals surface area contributed by atoms with Gasteiger partial charge >= 0.3 is 12.0 Å². The van der Waals surface area contributed by atoms with Crippen molar-refractivity contribution >= 4 is 17.6 Å². The van der Waals surface area contributed by atoms with Gasteiger partial charge in [-0.3, -0.25) is 14.0 Å². The molecule has 3 rings (SSSR count). The molecule has 0 aliphatic carbocycles. The Morgan fingerprint density at radius 3 is 2.68 bits per heavy atom. The largest absolute Gasteiger partial charge is 0.459 e. The monoisotopic (exact) mass is 380 g/mol. The highest BCUT2D eigenvalue weighted by Gasteiger charge is 2.18. The minimum absolute atomic E-state index is 0.0985. The van der Waals surface area contributed by atoms with Gasteiger partial charge in [0.1, 0.15) is 12.3 Å². The topological polar surface area (TPSA) is 116 Å². The van der Waals surface area contributed by atoms with Gasteiger partial charge in [-0.25, -0.2) is 9.78 Å². The quantitative estimate of drug-likeness (QED) is 0.633. The van der Waals surface area contributed by atoms with Crippen molar-refractivity contribution in [3.05, 3.63) is 81.9 Å². The maximum absolute atomic E-state index is 12.2. The number of esters is 1. The molecule has 0 unspecified atom stereocenters. The highest BCUT2D eigenvalue weighted by atomic mass is 16.5. The lowest BCUT2D eigenvalue weighted by Gasteiger charge is -2.17. The molecule has 3 N–H and O–H groups in total. The number of rotatable bonds is 6. The highest BCUT2D eigenvalue weighted by molar-refractivity contribution is 5.75. The van der Waals surface area contributed by atoms with Crippen LogP contribution < -0.4 is 16.6 Å². The number of nitrogens with two attached hydrogens (primary N) is 1. The number of urea groups is 1. The maximum atomic E-state index is 12.2. The van der Waals surface area contributed by atoms with E-state index < -0.39 is 18.0 Å². The van der Waals surface area contributed by atoms with Crippen molar-refractivity contribution in [1.29, 1.82) is 0 Å². The van der Waals surface area contributed by atoms with Gasteiger partial charge < -0.3 is 15.8 Å². The number of pyridine rings is 1. The van der Waals surface area contributed by atoms with Crippen LogP contribution >= 0.6 is 0 Å². The molecule has 3 aromatic rings. The number of benzene rings is 1. The predicted molar refractivity (Wildman–Crippen MR) is 103 cm³/mol. The summed E-state index contributed by atoms with van der Waals surface area (Å²) >= 11 is 0. The van der Waals surface area contributed by atoms with Crippen molar-refractivity contribution in [2.45, 2.75) is 26.0 Å². The minimum Gasteiger partial charge on any atom is -0.459 e. The smallest absolute Gasteiger partial charge is 0.312 e. The molecule has 28 heavy (non-hydrogen) atoms. The van der Waals surface area contributed by atoms with Gasteiger partial charge in [0.2, 0.25) is 0 Å². The fourth-order valence-corrected chi connectivity index (χ4v) is 2.82. The van der Waals surface area contributed by atoms with E-state index in [9.17, 15) is 14.4 Å². The van der Waals surface area contributed by atoms with Gasteiger partial charge in [0.15, 0.2) is 0 Å². The Bertz CT molecular complexity index is 1060. The van der Waals surface area contributed by atoms with E-state index in [0.717, 1.165) is 11.1 Å². The number of hydrogen-bond acceptors (Lipinski definition) is 5. The molecule has 0 radical (unpaired) electrons. The first kappa shape index (κ1) is 19.1. The van der Waals surface area contributed by atoms with Gasteiger partial charge in [-0.1, -0.05) is 36.4 Å². The lowest BCUT2D eigenvalue weighted by atomic mass is 10.0. The maximum Gasteiger partial charge on any atom is 0.312 e. The van der Waals surface area contributed by atoms with Gasteiger partial charge in [-0.2, -0.15) is 0 Å². The third kappa shape index (κ3) is 4.73. The number of nitrogens with one attached hydrogen (secondary N) is 1. The molecule has 144 valence electrons. The Balaban J connectivity index is 1.69. The molecule has 0 fully saturated rings. The Morgan fingerprint density at radius 2 is 1.96 bits per heavy atom. The second-order valence-corrected chi connectivity index (χ2v) is 6.36. The van der Waals surface area contributed by atoms with Crippen molar-refractivity contribution in [1.82, 2.24) is 14.7 Å². The summed E-state index contributed by atoms with van der Waals surface area (Å²) in [6.45, 7) is 1.74. The summed E-state index contributed by atoms with van der Waals surface area (Å²) in [6.07, 6.45) is 1.60. The number of carbonyl (C=O) groups excluding carboxylic acids is 2.